The van der Waals surface area contributed by atoms with E-state index in [4.69, 9.17) is 4.42 Å². The molecule has 5 nitrogen and oxygen atoms in total. The van der Waals surface area contributed by atoms with Gasteiger partial charge < -0.3 is 15.1 Å². The lowest BCUT2D eigenvalue weighted by Crippen LogP contribution is -2.44. The molecule has 26 heavy (non-hydrogen) atoms. The minimum Gasteiger partial charge on any atom is -0.468 e. The van der Waals surface area contributed by atoms with Gasteiger partial charge in [-0.2, -0.15) is 0 Å². The number of aryl methyl sites for hydroxylation is 1. The van der Waals surface area contributed by atoms with Crippen molar-refractivity contribution in [3.05, 3.63) is 54.0 Å². The molecule has 2 aromatic rings. The van der Waals surface area contributed by atoms with Crippen molar-refractivity contribution >= 4 is 11.6 Å². The van der Waals surface area contributed by atoms with Gasteiger partial charge in [-0.1, -0.05) is 24.1 Å². The van der Waals surface area contributed by atoms with Crippen LogP contribution in [0.15, 0.2) is 47.1 Å². The fourth-order valence-corrected chi connectivity index (χ4v) is 3.39. The zero-order valence-electron chi connectivity index (χ0n) is 15.7. The van der Waals surface area contributed by atoms with Crippen LogP contribution in [-0.2, 0) is 4.79 Å². The van der Waals surface area contributed by atoms with Crippen LogP contribution in [0.2, 0.25) is 0 Å². The molecule has 140 valence electrons. The van der Waals surface area contributed by atoms with Crippen LogP contribution in [0.4, 0.5) is 5.69 Å². The fraction of sp³-hybridized carbons (Fsp3) is 0.476. The third kappa shape index (κ3) is 4.96. The standard InChI is InChI=1S/C21H29N3O2/c1-16-8-10-18(11-9-16)23-21(25)17(2)22-15-19(20-7-6-14-26-20)24-12-4-3-5-13-24/h6-11,14,17,19,22H,3-5,12-13,15H2,1-2H3,(H,23,25)/t17-,19-/m1/s1. The van der Waals surface area contributed by atoms with Gasteiger partial charge in [-0.05, 0) is 64.0 Å². The van der Waals surface area contributed by atoms with E-state index in [-0.39, 0.29) is 18.0 Å². The van der Waals surface area contributed by atoms with Gasteiger partial charge in [0.05, 0.1) is 18.3 Å². The highest BCUT2D eigenvalue weighted by Gasteiger charge is 2.25. The molecule has 1 saturated heterocycles. The summed E-state index contributed by atoms with van der Waals surface area (Å²) in [6.45, 7) is 6.79. The number of benzene rings is 1. The third-order valence-electron chi connectivity index (χ3n) is 5.03. The van der Waals surface area contributed by atoms with Crippen LogP contribution in [0.5, 0.6) is 0 Å². The molecule has 1 aliphatic rings. The maximum Gasteiger partial charge on any atom is 0.241 e. The first-order valence-electron chi connectivity index (χ1n) is 9.52. The first-order chi connectivity index (χ1) is 12.6. The number of nitrogens with zero attached hydrogens (tertiary/aromatic N) is 1. The number of nitrogens with one attached hydrogen (secondary N) is 2. The van der Waals surface area contributed by atoms with Crippen LogP contribution >= 0.6 is 0 Å². The Kier molecular flexibility index (Phi) is 6.47. The summed E-state index contributed by atoms with van der Waals surface area (Å²) < 4.78 is 5.67. The van der Waals surface area contributed by atoms with E-state index in [9.17, 15) is 4.79 Å². The van der Waals surface area contributed by atoms with Crippen molar-refractivity contribution in [3.63, 3.8) is 0 Å². The Morgan fingerprint density at radius 3 is 2.54 bits per heavy atom. The minimum absolute atomic E-state index is 0.0225. The van der Waals surface area contributed by atoms with Gasteiger partial charge >= 0.3 is 0 Å². The largest absolute Gasteiger partial charge is 0.468 e. The number of anilines is 1. The number of rotatable bonds is 7. The summed E-state index contributed by atoms with van der Waals surface area (Å²) in [7, 11) is 0. The Labute approximate surface area is 155 Å². The zero-order valence-corrected chi connectivity index (χ0v) is 15.7. The quantitative estimate of drug-likeness (QED) is 0.794. The molecular weight excluding hydrogens is 326 g/mol. The molecule has 5 heteroatoms. The topological polar surface area (TPSA) is 57.5 Å². The van der Waals surface area contributed by atoms with Gasteiger partial charge in [-0.3, -0.25) is 9.69 Å². The van der Waals surface area contributed by atoms with Crippen molar-refractivity contribution < 1.29 is 9.21 Å². The number of hydrogen-bond acceptors (Lipinski definition) is 4. The summed E-state index contributed by atoms with van der Waals surface area (Å²) in [5.41, 5.74) is 2.00. The predicted octanol–water partition coefficient (Wildman–Crippen LogP) is 3.73. The fourth-order valence-electron chi connectivity index (χ4n) is 3.39. The number of hydrogen-bond donors (Lipinski definition) is 2. The molecule has 0 unspecified atom stereocenters. The SMILES string of the molecule is Cc1ccc(NC(=O)[C@@H](C)NC[C@H](c2ccco2)N2CCCCC2)cc1. The van der Waals surface area contributed by atoms with Gasteiger partial charge in [0.25, 0.3) is 0 Å². The highest BCUT2D eigenvalue weighted by Crippen LogP contribution is 2.24. The molecule has 0 aliphatic carbocycles. The summed E-state index contributed by atoms with van der Waals surface area (Å²) >= 11 is 0. The maximum atomic E-state index is 12.5. The lowest BCUT2D eigenvalue weighted by molar-refractivity contribution is -0.117. The van der Waals surface area contributed by atoms with Crippen LogP contribution in [0.25, 0.3) is 0 Å². The normalized spacial score (nSPS) is 17.6. The average Bonchev–Trinajstić information content (AvgIpc) is 3.19. The van der Waals surface area contributed by atoms with Crippen molar-refractivity contribution in [2.75, 3.05) is 25.0 Å². The molecular formula is C21H29N3O2. The van der Waals surface area contributed by atoms with E-state index in [1.807, 2.05) is 50.2 Å². The lowest BCUT2D eigenvalue weighted by atomic mass is 10.1. The molecule has 0 bridgehead atoms. The lowest BCUT2D eigenvalue weighted by Gasteiger charge is -2.34. The molecule has 1 amide bonds. The zero-order chi connectivity index (χ0) is 18.4. The van der Waals surface area contributed by atoms with Gasteiger partial charge in [0.1, 0.15) is 5.76 Å². The molecule has 2 N–H and O–H groups in total. The molecule has 3 rings (SSSR count). The van der Waals surface area contributed by atoms with Crippen molar-refractivity contribution in [3.8, 4) is 0 Å². The van der Waals surface area contributed by atoms with Gasteiger partial charge in [0.15, 0.2) is 0 Å². The second-order valence-corrected chi connectivity index (χ2v) is 7.11. The van der Waals surface area contributed by atoms with Crippen molar-refractivity contribution in [2.45, 2.75) is 45.2 Å². The number of piperidine rings is 1. The smallest absolute Gasteiger partial charge is 0.241 e. The molecule has 1 aromatic heterocycles. The van der Waals surface area contributed by atoms with E-state index in [0.717, 1.165) is 24.5 Å². The van der Waals surface area contributed by atoms with E-state index >= 15 is 0 Å². The highest BCUT2D eigenvalue weighted by atomic mass is 16.3. The summed E-state index contributed by atoms with van der Waals surface area (Å²) in [5.74, 6) is 0.941. The Hall–Kier alpha value is -2.11. The third-order valence-corrected chi connectivity index (χ3v) is 5.03. The molecule has 2 heterocycles. The van der Waals surface area contributed by atoms with E-state index in [0.29, 0.717) is 6.54 Å². The van der Waals surface area contributed by atoms with Crippen LogP contribution in [0.1, 0.15) is 43.6 Å². The first kappa shape index (κ1) is 18.7. The Morgan fingerprint density at radius 1 is 1.15 bits per heavy atom. The molecule has 1 fully saturated rings. The Bertz CT molecular complexity index is 676. The molecule has 0 saturated carbocycles. The van der Waals surface area contributed by atoms with Crippen LogP contribution in [0.3, 0.4) is 0 Å². The van der Waals surface area contributed by atoms with E-state index in [1.54, 1.807) is 6.26 Å². The van der Waals surface area contributed by atoms with Crippen LogP contribution < -0.4 is 10.6 Å². The second-order valence-electron chi connectivity index (χ2n) is 7.11. The molecule has 1 aromatic carbocycles. The predicted molar refractivity (Wildman–Crippen MR) is 104 cm³/mol. The number of amides is 1. The van der Waals surface area contributed by atoms with Gasteiger partial charge in [0.2, 0.25) is 5.91 Å². The average molecular weight is 355 g/mol. The van der Waals surface area contributed by atoms with Gasteiger partial charge in [0, 0.05) is 12.2 Å². The Balaban J connectivity index is 1.57. The number of likely N-dealkylation sites (tertiary alicyclic amines) is 1. The molecule has 1 aliphatic heterocycles. The van der Waals surface area contributed by atoms with Crippen molar-refractivity contribution in [2.24, 2.45) is 0 Å². The first-order valence-corrected chi connectivity index (χ1v) is 9.52. The molecule has 0 spiro atoms. The summed E-state index contributed by atoms with van der Waals surface area (Å²) in [6, 6.07) is 11.7. The van der Waals surface area contributed by atoms with Crippen molar-refractivity contribution in [1.29, 1.82) is 0 Å². The second kappa shape index (κ2) is 9.01. The van der Waals surface area contributed by atoms with E-state index in [2.05, 4.69) is 15.5 Å². The van der Waals surface area contributed by atoms with Gasteiger partial charge in [-0.25, -0.2) is 0 Å². The number of carbonyl (C=O) groups is 1. The van der Waals surface area contributed by atoms with E-state index in [1.165, 1.54) is 24.8 Å². The summed E-state index contributed by atoms with van der Waals surface area (Å²) in [5, 5.41) is 6.35. The van der Waals surface area contributed by atoms with Crippen molar-refractivity contribution in [1.82, 2.24) is 10.2 Å². The van der Waals surface area contributed by atoms with E-state index < -0.39 is 0 Å². The number of furan rings is 1. The monoisotopic (exact) mass is 355 g/mol. The van der Waals surface area contributed by atoms with Crippen LogP contribution in [0, 0.1) is 6.92 Å². The summed E-state index contributed by atoms with van der Waals surface area (Å²) in [6.07, 6.45) is 5.46. The number of carbonyl (C=O) groups excluding carboxylic acids is 1. The minimum atomic E-state index is -0.279. The summed E-state index contributed by atoms with van der Waals surface area (Å²) in [4.78, 5) is 14.9. The molecule has 2 atom stereocenters. The Morgan fingerprint density at radius 2 is 1.88 bits per heavy atom. The molecule has 0 radical (unpaired) electrons. The van der Waals surface area contributed by atoms with Gasteiger partial charge in [-0.15, -0.1) is 0 Å². The highest BCUT2D eigenvalue weighted by molar-refractivity contribution is 5.94. The van der Waals surface area contributed by atoms with Crippen LogP contribution in [-0.4, -0.2) is 36.5 Å². The maximum absolute atomic E-state index is 12.5.